The molecule has 1 unspecified atom stereocenters. The van der Waals surface area contributed by atoms with Crippen molar-refractivity contribution in [3.63, 3.8) is 0 Å². The Hall–Kier alpha value is -4.06. The van der Waals surface area contributed by atoms with Gasteiger partial charge in [0.1, 0.15) is 17.7 Å². The van der Waals surface area contributed by atoms with Gasteiger partial charge in [-0.05, 0) is 98.7 Å². The van der Waals surface area contributed by atoms with Crippen LogP contribution in [0.4, 0.5) is 8.78 Å². The number of nitriles is 1. The van der Waals surface area contributed by atoms with Gasteiger partial charge in [-0.15, -0.1) is 0 Å². The topological polar surface area (TPSA) is 95.3 Å². The van der Waals surface area contributed by atoms with Crippen LogP contribution in [0.15, 0.2) is 60.8 Å². The summed E-state index contributed by atoms with van der Waals surface area (Å²) in [5, 5.41) is 20.3. The van der Waals surface area contributed by atoms with Gasteiger partial charge in [-0.3, -0.25) is 4.79 Å². The van der Waals surface area contributed by atoms with Crippen LogP contribution >= 0.6 is 0 Å². The van der Waals surface area contributed by atoms with Gasteiger partial charge in [0.05, 0.1) is 23.2 Å². The minimum atomic E-state index is -0.977. The van der Waals surface area contributed by atoms with E-state index in [1.165, 1.54) is 18.2 Å². The number of nitrogens with zero attached hydrogens (tertiary/aromatic N) is 3. The number of nitrogens with two attached hydrogens (primary N) is 1. The first kappa shape index (κ1) is 27.1. The summed E-state index contributed by atoms with van der Waals surface area (Å²) in [5.41, 5.74) is 7.98. The lowest BCUT2D eigenvalue weighted by molar-refractivity contribution is 0.0574. The number of hydrogen-bond acceptors (Lipinski definition) is 4. The Morgan fingerprint density at radius 3 is 2.39 bits per heavy atom. The highest BCUT2D eigenvalue weighted by Crippen LogP contribution is 2.40. The largest absolute Gasteiger partial charge is 0.389 e. The smallest absolute Gasteiger partial charge is 0.254 e. The maximum absolute atomic E-state index is 15.8. The zero-order valence-electron chi connectivity index (χ0n) is 23.1. The molecule has 0 saturated carbocycles. The molecule has 0 spiro atoms. The first-order valence-electron chi connectivity index (χ1n) is 14.0. The third kappa shape index (κ3) is 5.01. The molecule has 1 aromatic heterocycles. The average Bonchev–Trinajstić information content (AvgIpc) is 3.43. The van der Waals surface area contributed by atoms with Crippen LogP contribution in [-0.4, -0.2) is 44.2 Å². The molecule has 2 bridgehead atoms. The van der Waals surface area contributed by atoms with Crippen molar-refractivity contribution in [2.45, 2.75) is 69.8 Å². The van der Waals surface area contributed by atoms with Crippen molar-refractivity contribution in [2.75, 3.05) is 0 Å². The standard InChI is InChI=1S/C33H32F2N4O2/c1-33(2,41)18-38-10-9-20-11-28(30(35)16-31(20)38)26-8-5-21(12-27(26)19-3-4-22(17-36)29(34)13-19)32(40)39-24-6-7-25(39)15-23(37)14-24/h3-5,8-13,16,23-25,41H,6-7,14-15,18,37H2,1-2H3/t23?,24-,25+. The van der Waals surface area contributed by atoms with E-state index in [0.717, 1.165) is 31.1 Å². The maximum Gasteiger partial charge on any atom is 0.254 e. The summed E-state index contributed by atoms with van der Waals surface area (Å²) in [6.45, 7) is 3.68. The van der Waals surface area contributed by atoms with Gasteiger partial charge in [-0.1, -0.05) is 12.1 Å². The summed E-state index contributed by atoms with van der Waals surface area (Å²) in [7, 11) is 0. The van der Waals surface area contributed by atoms with E-state index in [1.54, 1.807) is 48.7 Å². The van der Waals surface area contributed by atoms with Crippen molar-refractivity contribution in [3.8, 4) is 28.3 Å². The highest BCUT2D eigenvalue weighted by molar-refractivity contribution is 5.99. The van der Waals surface area contributed by atoms with Gasteiger partial charge in [-0.25, -0.2) is 8.78 Å². The summed E-state index contributed by atoms with van der Waals surface area (Å²) in [5.74, 6) is -1.27. The van der Waals surface area contributed by atoms with Gasteiger partial charge in [0.25, 0.3) is 5.91 Å². The number of fused-ring (bicyclic) bond motifs is 3. The van der Waals surface area contributed by atoms with Gasteiger partial charge in [-0.2, -0.15) is 5.26 Å². The Morgan fingerprint density at radius 2 is 1.73 bits per heavy atom. The summed E-state index contributed by atoms with van der Waals surface area (Å²) in [6, 6.07) is 16.5. The molecule has 8 heteroatoms. The van der Waals surface area contributed by atoms with Crippen molar-refractivity contribution in [1.82, 2.24) is 9.47 Å². The van der Waals surface area contributed by atoms with Crippen LogP contribution in [0.25, 0.3) is 33.2 Å². The SMILES string of the molecule is CC(C)(O)Cn1ccc2cc(-c3ccc(C(=O)N4[C@@H]5CC[C@H]4CC(N)C5)cc3-c3ccc(C#N)c(F)c3)c(F)cc21. The van der Waals surface area contributed by atoms with Crippen LogP contribution in [-0.2, 0) is 6.54 Å². The summed E-state index contributed by atoms with van der Waals surface area (Å²) in [6.07, 6.45) is 5.20. The molecule has 210 valence electrons. The number of aromatic nitrogens is 1. The van der Waals surface area contributed by atoms with Crippen LogP contribution in [0, 0.1) is 23.0 Å². The Bertz CT molecular complexity index is 1700. The zero-order chi connectivity index (χ0) is 29.1. The molecule has 2 fully saturated rings. The lowest BCUT2D eigenvalue weighted by Crippen LogP contribution is -2.50. The predicted molar refractivity (Wildman–Crippen MR) is 154 cm³/mol. The first-order valence-corrected chi connectivity index (χ1v) is 14.0. The molecule has 4 aromatic rings. The molecule has 6 nitrogen and oxygen atoms in total. The molecule has 3 N–H and O–H groups in total. The van der Waals surface area contributed by atoms with Crippen LogP contribution in [0.3, 0.4) is 0 Å². The van der Waals surface area contributed by atoms with E-state index < -0.39 is 17.2 Å². The molecule has 2 saturated heterocycles. The average molecular weight is 555 g/mol. The van der Waals surface area contributed by atoms with Gasteiger partial charge in [0.2, 0.25) is 0 Å². The van der Waals surface area contributed by atoms with E-state index in [-0.39, 0.29) is 29.6 Å². The molecule has 3 heterocycles. The van der Waals surface area contributed by atoms with Crippen LogP contribution in [0.1, 0.15) is 55.5 Å². The summed E-state index contributed by atoms with van der Waals surface area (Å²) >= 11 is 0. The van der Waals surface area contributed by atoms with Gasteiger partial charge >= 0.3 is 0 Å². The number of rotatable bonds is 5. The van der Waals surface area contributed by atoms with Crippen molar-refractivity contribution in [1.29, 1.82) is 5.26 Å². The number of aliphatic hydroxyl groups is 1. The van der Waals surface area contributed by atoms with Crippen molar-refractivity contribution in [3.05, 3.63) is 83.6 Å². The van der Waals surface area contributed by atoms with Gasteiger partial charge in [0.15, 0.2) is 0 Å². The van der Waals surface area contributed by atoms with Crippen molar-refractivity contribution in [2.24, 2.45) is 5.73 Å². The molecule has 2 aliphatic rings. The van der Waals surface area contributed by atoms with E-state index in [2.05, 4.69) is 0 Å². The third-order valence-corrected chi connectivity index (χ3v) is 8.38. The minimum Gasteiger partial charge on any atom is -0.389 e. The summed E-state index contributed by atoms with van der Waals surface area (Å²) < 4.78 is 32.4. The van der Waals surface area contributed by atoms with E-state index >= 15 is 4.39 Å². The lowest BCUT2D eigenvalue weighted by Gasteiger charge is -2.38. The fourth-order valence-corrected chi connectivity index (χ4v) is 6.60. The highest BCUT2D eigenvalue weighted by Gasteiger charge is 2.42. The number of halogens is 2. The van der Waals surface area contributed by atoms with Crippen molar-refractivity contribution >= 4 is 16.8 Å². The van der Waals surface area contributed by atoms with Crippen LogP contribution < -0.4 is 5.73 Å². The number of carbonyl (C=O) groups is 1. The lowest BCUT2D eigenvalue weighted by atomic mass is 9.90. The minimum absolute atomic E-state index is 0.0901. The molecule has 0 aliphatic carbocycles. The number of piperidine rings is 1. The Labute approximate surface area is 237 Å². The fraction of sp³-hybridized carbons (Fsp3) is 0.333. The highest BCUT2D eigenvalue weighted by atomic mass is 19.1. The van der Waals surface area contributed by atoms with E-state index in [1.807, 2.05) is 23.2 Å². The number of hydrogen-bond donors (Lipinski definition) is 2. The van der Waals surface area contributed by atoms with E-state index in [4.69, 9.17) is 5.73 Å². The van der Waals surface area contributed by atoms with E-state index in [9.17, 15) is 19.6 Å². The van der Waals surface area contributed by atoms with Crippen molar-refractivity contribution < 1.29 is 18.7 Å². The molecule has 41 heavy (non-hydrogen) atoms. The molecule has 6 rings (SSSR count). The molecule has 3 aromatic carbocycles. The fourth-order valence-electron chi connectivity index (χ4n) is 6.60. The molecular weight excluding hydrogens is 522 g/mol. The second-order valence-electron chi connectivity index (χ2n) is 12.0. The Balaban J connectivity index is 1.47. The molecule has 2 aliphatic heterocycles. The molecule has 1 amide bonds. The van der Waals surface area contributed by atoms with E-state index in [0.29, 0.717) is 39.9 Å². The van der Waals surface area contributed by atoms with Crippen LogP contribution in [0.5, 0.6) is 0 Å². The zero-order valence-corrected chi connectivity index (χ0v) is 23.1. The second-order valence-corrected chi connectivity index (χ2v) is 12.0. The predicted octanol–water partition coefficient (Wildman–Crippen LogP) is 5.99. The maximum atomic E-state index is 15.8. The molecule has 0 radical (unpaired) electrons. The Morgan fingerprint density at radius 1 is 1.00 bits per heavy atom. The third-order valence-electron chi connectivity index (χ3n) is 8.38. The first-order chi connectivity index (χ1) is 19.5. The Kier molecular flexibility index (Phi) is 6.68. The van der Waals surface area contributed by atoms with Gasteiger partial charge < -0.3 is 20.3 Å². The van der Waals surface area contributed by atoms with Crippen LogP contribution in [0.2, 0.25) is 0 Å². The second kappa shape index (κ2) is 10.1. The van der Waals surface area contributed by atoms with Gasteiger partial charge in [0, 0.05) is 40.8 Å². The summed E-state index contributed by atoms with van der Waals surface area (Å²) in [4.78, 5) is 15.7. The number of benzene rings is 3. The monoisotopic (exact) mass is 554 g/mol. The number of amides is 1. The molecule has 3 atom stereocenters. The normalized spacial score (nSPS) is 20.4. The molecular formula is C33H32F2N4O2. The quantitative estimate of drug-likeness (QED) is 0.317. The number of carbonyl (C=O) groups excluding carboxylic acids is 1.